The van der Waals surface area contributed by atoms with Gasteiger partial charge in [-0.05, 0) is 48.7 Å². The molecule has 1 unspecified atom stereocenters. The van der Waals surface area contributed by atoms with E-state index in [1.54, 1.807) is 6.20 Å². The van der Waals surface area contributed by atoms with E-state index in [2.05, 4.69) is 27.0 Å². The van der Waals surface area contributed by atoms with Crippen LogP contribution >= 0.6 is 15.9 Å². The van der Waals surface area contributed by atoms with Crippen molar-refractivity contribution in [2.24, 2.45) is 0 Å². The van der Waals surface area contributed by atoms with Gasteiger partial charge in [0.05, 0.1) is 6.61 Å². The lowest BCUT2D eigenvalue weighted by Gasteiger charge is -2.08. The molecular weight excluding hydrogens is 346 g/mol. The summed E-state index contributed by atoms with van der Waals surface area (Å²) in [6.45, 7) is 2.60. The van der Waals surface area contributed by atoms with Gasteiger partial charge in [-0.25, -0.2) is 0 Å². The highest BCUT2D eigenvalue weighted by atomic mass is 79.9. The Morgan fingerprint density at radius 1 is 1.32 bits per heavy atom. The molecular formula is C17H18BrNO3. The number of aromatic nitrogens is 1. The molecule has 1 atom stereocenters. The number of carboxylic acid groups (broad SMARTS) is 1. The Hall–Kier alpha value is -1.88. The minimum absolute atomic E-state index is 0.447. The van der Waals surface area contributed by atoms with Crippen LogP contribution in [0.25, 0.3) is 0 Å². The normalized spacial score (nSPS) is 11.9. The van der Waals surface area contributed by atoms with Crippen molar-refractivity contribution in [3.05, 3.63) is 59.4 Å². The smallest absolute Gasteiger partial charge is 0.317 e. The van der Waals surface area contributed by atoms with Crippen LogP contribution in [0.1, 0.15) is 16.8 Å². The second-order valence-electron chi connectivity index (χ2n) is 5.08. The van der Waals surface area contributed by atoms with Crippen LogP contribution < -0.4 is 4.74 Å². The van der Waals surface area contributed by atoms with Crippen LogP contribution in [-0.2, 0) is 17.6 Å². The van der Waals surface area contributed by atoms with Crippen molar-refractivity contribution in [3.63, 3.8) is 0 Å². The van der Waals surface area contributed by atoms with Crippen molar-refractivity contribution in [1.82, 2.24) is 4.98 Å². The number of carboxylic acids is 1. The number of alkyl halides is 1. The summed E-state index contributed by atoms with van der Waals surface area (Å²) >= 11 is 3.13. The van der Waals surface area contributed by atoms with E-state index in [0.717, 1.165) is 23.4 Å². The maximum Gasteiger partial charge on any atom is 0.317 e. The van der Waals surface area contributed by atoms with Crippen LogP contribution in [0.2, 0.25) is 0 Å². The molecule has 0 spiro atoms. The van der Waals surface area contributed by atoms with Crippen molar-refractivity contribution in [2.45, 2.75) is 24.6 Å². The lowest BCUT2D eigenvalue weighted by Crippen LogP contribution is -2.15. The van der Waals surface area contributed by atoms with Gasteiger partial charge in [-0.3, -0.25) is 9.78 Å². The summed E-state index contributed by atoms with van der Waals surface area (Å²) < 4.78 is 5.69. The molecule has 0 amide bonds. The van der Waals surface area contributed by atoms with Gasteiger partial charge in [0.25, 0.3) is 0 Å². The summed E-state index contributed by atoms with van der Waals surface area (Å²) in [4.78, 5) is 14.5. The number of carbonyl (C=O) groups is 1. The Labute approximate surface area is 138 Å². The topological polar surface area (TPSA) is 59.4 Å². The van der Waals surface area contributed by atoms with Gasteiger partial charge in [0, 0.05) is 18.3 Å². The highest BCUT2D eigenvalue weighted by Gasteiger charge is 2.13. The standard InChI is InChI=1S/C17H18BrNO3/c1-12-6-8-19-14(10-12)7-9-22-15-4-2-13(3-5-15)11-16(18)17(20)21/h2-6,8,10,16H,7,9,11H2,1H3,(H,20,21). The first-order valence-electron chi connectivity index (χ1n) is 7.05. The highest BCUT2D eigenvalue weighted by Crippen LogP contribution is 2.16. The largest absolute Gasteiger partial charge is 0.493 e. The molecule has 2 rings (SSSR count). The molecule has 0 saturated carbocycles. The second kappa shape index (κ2) is 7.94. The number of benzene rings is 1. The summed E-state index contributed by atoms with van der Waals surface area (Å²) in [6.07, 6.45) is 3.01. The second-order valence-corrected chi connectivity index (χ2v) is 6.18. The molecule has 1 aromatic carbocycles. The zero-order chi connectivity index (χ0) is 15.9. The molecule has 0 aliphatic heterocycles. The van der Waals surface area contributed by atoms with Crippen LogP contribution in [0.15, 0.2) is 42.6 Å². The minimum Gasteiger partial charge on any atom is -0.493 e. The monoisotopic (exact) mass is 363 g/mol. The Kier molecular flexibility index (Phi) is 5.95. The van der Waals surface area contributed by atoms with Crippen LogP contribution in [0.5, 0.6) is 5.75 Å². The number of ether oxygens (including phenoxy) is 1. The SMILES string of the molecule is Cc1ccnc(CCOc2ccc(CC(Br)C(=O)O)cc2)c1. The van der Waals surface area contributed by atoms with Crippen LogP contribution in [0.3, 0.4) is 0 Å². The molecule has 2 aromatic rings. The maximum absolute atomic E-state index is 10.8. The Morgan fingerprint density at radius 3 is 2.68 bits per heavy atom. The fourth-order valence-electron chi connectivity index (χ4n) is 2.02. The van der Waals surface area contributed by atoms with Crippen molar-refractivity contribution >= 4 is 21.9 Å². The molecule has 0 aliphatic carbocycles. The molecule has 1 heterocycles. The number of aryl methyl sites for hydroxylation is 1. The summed E-state index contributed by atoms with van der Waals surface area (Å²) in [5.74, 6) is -0.0798. The predicted molar refractivity (Wildman–Crippen MR) is 88.7 cm³/mol. The average molecular weight is 364 g/mol. The van der Waals surface area contributed by atoms with Gasteiger partial charge in [0.1, 0.15) is 10.6 Å². The average Bonchev–Trinajstić information content (AvgIpc) is 2.49. The first-order valence-corrected chi connectivity index (χ1v) is 7.96. The summed E-state index contributed by atoms with van der Waals surface area (Å²) in [5, 5.41) is 8.86. The quantitative estimate of drug-likeness (QED) is 0.765. The van der Waals surface area contributed by atoms with Crippen molar-refractivity contribution in [2.75, 3.05) is 6.61 Å². The lowest BCUT2D eigenvalue weighted by atomic mass is 10.1. The van der Waals surface area contributed by atoms with E-state index in [4.69, 9.17) is 9.84 Å². The van der Waals surface area contributed by atoms with Crippen molar-refractivity contribution in [3.8, 4) is 5.75 Å². The first kappa shape index (κ1) is 16.5. The van der Waals surface area contributed by atoms with E-state index in [9.17, 15) is 4.79 Å². The van der Waals surface area contributed by atoms with Gasteiger partial charge in [0.15, 0.2) is 0 Å². The number of aliphatic carboxylic acids is 1. The van der Waals surface area contributed by atoms with Gasteiger partial charge in [-0.1, -0.05) is 28.1 Å². The van der Waals surface area contributed by atoms with E-state index >= 15 is 0 Å². The molecule has 0 radical (unpaired) electrons. The van der Waals surface area contributed by atoms with Crippen LogP contribution in [0, 0.1) is 6.92 Å². The van der Waals surface area contributed by atoms with E-state index in [0.29, 0.717) is 13.0 Å². The van der Waals surface area contributed by atoms with E-state index in [1.807, 2.05) is 37.3 Å². The third-order valence-electron chi connectivity index (χ3n) is 3.21. The molecule has 116 valence electrons. The number of hydrogen-bond acceptors (Lipinski definition) is 3. The summed E-state index contributed by atoms with van der Waals surface area (Å²) in [5.41, 5.74) is 3.16. The number of rotatable bonds is 7. The summed E-state index contributed by atoms with van der Waals surface area (Å²) in [6, 6.07) is 11.5. The van der Waals surface area contributed by atoms with Crippen molar-refractivity contribution in [1.29, 1.82) is 0 Å². The third kappa shape index (κ3) is 5.15. The molecule has 5 heteroatoms. The highest BCUT2D eigenvalue weighted by molar-refractivity contribution is 9.10. The number of halogens is 1. The number of nitrogens with zero attached hydrogens (tertiary/aromatic N) is 1. The van der Waals surface area contributed by atoms with Gasteiger partial charge in [-0.2, -0.15) is 0 Å². The Bertz CT molecular complexity index is 628. The number of pyridine rings is 1. The first-order chi connectivity index (χ1) is 10.5. The predicted octanol–water partition coefficient (Wildman–Crippen LogP) is 3.40. The van der Waals surface area contributed by atoms with Gasteiger partial charge in [-0.15, -0.1) is 0 Å². The molecule has 0 bridgehead atoms. The van der Waals surface area contributed by atoms with E-state index in [-0.39, 0.29) is 0 Å². The Morgan fingerprint density at radius 2 is 2.05 bits per heavy atom. The van der Waals surface area contributed by atoms with Gasteiger partial charge >= 0.3 is 5.97 Å². The maximum atomic E-state index is 10.8. The molecule has 0 aliphatic rings. The zero-order valence-corrected chi connectivity index (χ0v) is 13.9. The fourth-order valence-corrected chi connectivity index (χ4v) is 2.40. The molecule has 0 saturated heterocycles. The van der Waals surface area contributed by atoms with Gasteiger partial charge in [0.2, 0.25) is 0 Å². The Balaban J connectivity index is 1.82. The molecule has 22 heavy (non-hydrogen) atoms. The molecule has 1 aromatic heterocycles. The third-order valence-corrected chi connectivity index (χ3v) is 3.92. The van der Waals surface area contributed by atoms with Gasteiger partial charge < -0.3 is 9.84 Å². The van der Waals surface area contributed by atoms with E-state index < -0.39 is 10.8 Å². The van der Waals surface area contributed by atoms with E-state index in [1.165, 1.54) is 5.56 Å². The van der Waals surface area contributed by atoms with Crippen LogP contribution in [0.4, 0.5) is 0 Å². The van der Waals surface area contributed by atoms with Crippen LogP contribution in [-0.4, -0.2) is 27.5 Å². The number of hydrogen-bond donors (Lipinski definition) is 1. The van der Waals surface area contributed by atoms with Crippen molar-refractivity contribution < 1.29 is 14.6 Å². The molecule has 1 N–H and O–H groups in total. The minimum atomic E-state index is -0.856. The molecule has 4 nitrogen and oxygen atoms in total. The lowest BCUT2D eigenvalue weighted by molar-refractivity contribution is -0.136. The molecule has 0 fully saturated rings. The zero-order valence-electron chi connectivity index (χ0n) is 12.3. The summed E-state index contributed by atoms with van der Waals surface area (Å²) in [7, 11) is 0. The fraction of sp³-hybridized carbons (Fsp3) is 0.294.